The molecule has 2 aliphatic rings. The van der Waals surface area contributed by atoms with Gasteiger partial charge in [-0.25, -0.2) is 4.79 Å². The first-order chi connectivity index (χ1) is 6.07. The number of rotatable bonds is 1. The Kier molecular flexibility index (Phi) is 1.83. The Morgan fingerprint density at radius 1 is 1.62 bits per heavy atom. The summed E-state index contributed by atoms with van der Waals surface area (Å²) in [4.78, 5) is 11.1. The Hall–Kier alpha value is -0.650. The van der Waals surface area contributed by atoms with Crippen molar-refractivity contribution in [2.45, 2.75) is 36.8 Å². The zero-order valence-corrected chi connectivity index (χ0v) is 7.27. The van der Waals surface area contributed by atoms with Crippen LogP contribution in [0.5, 0.6) is 0 Å². The number of aliphatic hydroxyl groups excluding tert-OH is 1. The second-order valence-electron chi connectivity index (χ2n) is 3.65. The van der Waals surface area contributed by atoms with Crippen LogP contribution >= 0.6 is 0 Å². The standard InChI is InChI=1S/C8H12O5/c1-12-4-2-8(11)3-5(6(4)9)13-7(8)10/h4-6,9,11H,2-3H2,1H3/t4-,5+,6-,8+/m1/s1. The lowest BCUT2D eigenvalue weighted by atomic mass is 9.82. The van der Waals surface area contributed by atoms with E-state index in [1.807, 2.05) is 0 Å². The van der Waals surface area contributed by atoms with Crippen LogP contribution in [0.25, 0.3) is 0 Å². The molecule has 2 bridgehead atoms. The summed E-state index contributed by atoms with van der Waals surface area (Å²) in [6.45, 7) is 0. The van der Waals surface area contributed by atoms with Crippen molar-refractivity contribution in [2.24, 2.45) is 0 Å². The van der Waals surface area contributed by atoms with Crippen LogP contribution in [0.1, 0.15) is 12.8 Å². The molecular weight excluding hydrogens is 176 g/mol. The first kappa shape index (κ1) is 8.93. The van der Waals surface area contributed by atoms with Crippen molar-refractivity contribution in [3.63, 3.8) is 0 Å². The fourth-order valence-corrected chi connectivity index (χ4v) is 1.98. The van der Waals surface area contributed by atoms with Gasteiger partial charge in [0.25, 0.3) is 0 Å². The summed E-state index contributed by atoms with van der Waals surface area (Å²) in [6.07, 6.45) is -1.67. The minimum atomic E-state index is -1.44. The van der Waals surface area contributed by atoms with Gasteiger partial charge in [-0.2, -0.15) is 0 Å². The number of hydrogen-bond acceptors (Lipinski definition) is 5. The third-order valence-corrected chi connectivity index (χ3v) is 2.78. The Balaban J connectivity index is 2.24. The molecule has 0 unspecified atom stereocenters. The highest BCUT2D eigenvalue weighted by Crippen LogP contribution is 2.38. The van der Waals surface area contributed by atoms with Crippen molar-refractivity contribution in [3.8, 4) is 0 Å². The fraction of sp³-hybridized carbons (Fsp3) is 0.875. The Bertz CT molecular complexity index is 241. The average molecular weight is 188 g/mol. The maximum Gasteiger partial charge on any atom is 0.338 e. The second kappa shape index (κ2) is 2.67. The number of ether oxygens (including phenoxy) is 2. The lowest BCUT2D eigenvalue weighted by molar-refractivity contribution is -0.154. The predicted molar refractivity (Wildman–Crippen MR) is 40.9 cm³/mol. The van der Waals surface area contributed by atoms with Gasteiger partial charge in [-0.1, -0.05) is 0 Å². The number of fused-ring (bicyclic) bond motifs is 2. The average Bonchev–Trinajstić information content (AvgIpc) is 2.34. The van der Waals surface area contributed by atoms with E-state index in [2.05, 4.69) is 0 Å². The van der Waals surface area contributed by atoms with Crippen molar-refractivity contribution in [2.75, 3.05) is 7.11 Å². The van der Waals surface area contributed by atoms with Crippen molar-refractivity contribution < 1.29 is 24.5 Å². The summed E-state index contributed by atoms with van der Waals surface area (Å²) >= 11 is 0. The smallest absolute Gasteiger partial charge is 0.338 e. The first-order valence-corrected chi connectivity index (χ1v) is 4.21. The van der Waals surface area contributed by atoms with E-state index in [4.69, 9.17) is 9.47 Å². The second-order valence-corrected chi connectivity index (χ2v) is 3.65. The summed E-state index contributed by atoms with van der Waals surface area (Å²) in [5.74, 6) is -0.642. The molecule has 0 spiro atoms. The summed E-state index contributed by atoms with van der Waals surface area (Å²) in [5.41, 5.74) is -1.44. The van der Waals surface area contributed by atoms with Gasteiger partial charge in [0.15, 0.2) is 5.60 Å². The van der Waals surface area contributed by atoms with E-state index in [0.29, 0.717) is 0 Å². The van der Waals surface area contributed by atoms with Gasteiger partial charge in [0.2, 0.25) is 0 Å². The van der Waals surface area contributed by atoms with Crippen molar-refractivity contribution in [1.82, 2.24) is 0 Å². The normalized spacial score (nSPS) is 49.2. The van der Waals surface area contributed by atoms with Gasteiger partial charge in [-0.3, -0.25) is 0 Å². The fourth-order valence-electron chi connectivity index (χ4n) is 1.98. The van der Waals surface area contributed by atoms with Gasteiger partial charge >= 0.3 is 5.97 Å². The molecule has 0 amide bonds. The Labute approximate surface area is 75.3 Å². The number of carbonyl (C=O) groups excluding carboxylic acids is 1. The molecule has 74 valence electrons. The van der Waals surface area contributed by atoms with Gasteiger partial charge in [0.1, 0.15) is 12.2 Å². The van der Waals surface area contributed by atoms with Gasteiger partial charge in [-0.05, 0) is 0 Å². The highest BCUT2D eigenvalue weighted by atomic mass is 16.6. The summed E-state index contributed by atoms with van der Waals surface area (Å²) in [6, 6.07) is 0. The number of methoxy groups -OCH3 is 1. The molecule has 13 heavy (non-hydrogen) atoms. The van der Waals surface area contributed by atoms with Crippen LogP contribution in [0.3, 0.4) is 0 Å². The molecule has 1 saturated heterocycles. The molecule has 0 aromatic rings. The third-order valence-electron chi connectivity index (χ3n) is 2.78. The summed E-state index contributed by atoms with van der Waals surface area (Å²) in [5, 5.41) is 19.3. The molecule has 0 aromatic carbocycles. The van der Waals surface area contributed by atoms with Crippen LogP contribution in [0.15, 0.2) is 0 Å². The molecular formula is C8H12O5. The maximum absolute atomic E-state index is 11.1. The molecule has 2 rings (SSSR count). The highest BCUT2D eigenvalue weighted by molar-refractivity contribution is 5.82. The zero-order chi connectivity index (χ0) is 9.64. The van der Waals surface area contributed by atoms with Crippen LogP contribution in [0.4, 0.5) is 0 Å². The van der Waals surface area contributed by atoms with E-state index in [9.17, 15) is 15.0 Å². The van der Waals surface area contributed by atoms with Gasteiger partial charge < -0.3 is 19.7 Å². The SMILES string of the molecule is CO[C@@H]1C[C@]2(O)C[C@H](OC2=O)[C@@H]1O. The van der Waals surface area contributed by atoms with Gasteiger partial charge in [0, 0.05) is 20.0 Å². The molecule has 5 nitrogen and oxygen atoms in total. The van der Waals surface area contributed by atoms with Crippen LogP contribution < -0.4 is 0 Å². The van der Waals surface area contributed by atoms with Crippen molar-refractivity contribution in [3.05, 3.63) is 0 Å². The molecule has 1 saturated carbocycles. The summed E-state index contributed by atoms with van der Waals surface area (Å²) in [7, 11) is 1.44. The zero-order valence-electron chi connectivity index (χ0n) is 7.27. The van der Waals surface area contributed by atoms with E-state index >= 15 is 0 Å². The quantitative estimate of drug-likeness (QED) is 0.506. The van der Waals surface area contributed by atoms with Crippen molar-refractivity contribution >= 4 is 5.97 Å². The monoisotopic (exact) mass is 188 g/mol. The van der Waals surface area contributed by atoms with Crippen LogP contribution in [0.2, 0.25) is 0 Å². The Morgan fingerprint density at radius 3 is 2.92 bits per heavy atom. The molecule has 2 fully saturated rings. The largest absolute Gasteiger partial charge is 0.457 e. The van der Waals surface area contributed by atoms with Gasteiger partial charge in [-0.15, -0.1) is 0 Å². The van der Waals surface area contributed by atoms with Crippen LogP contribution in [0, 0.1) is 0 Å². The molecule has 1 aliphatic carbocycles. The highest BCUT2D eigenvalue weighted by Gasteiger charge is 2.57. The summed E-state index contributed by atoms with van der Waals surface area (Å²) < 4.78 is 9.77. The predicted octanol–water partition coefficient (Wildman–Crippen LogP) is -1.19. The first-order valence-electron chi connectivity index (χ1n) is 4.21. The number of hydrogen-bond donors (Lipinski definition) is 2. The number of esters is 1. The van der Waals surface area contributed by atoms with Crippen LogP contribution in [-0.2, 0) is 14.3 Å². The van der Waals surface area contributed by atoms with E-state index in [1.165, 1.54) is 7.11 Å². The minimum absolute atomic E-state index is 0.111. The molecule has 0 aromatic heterocycles. The maximum atomic E-state index is 11.1. The van der Waals surface area contributed by atoms with Crippen molar-refractivity contribution in [1.29, 1.82) is 0 Å². The molecule has 1 aliphatic heterocycles. The lowest BCUT2D eigenvalue weighted by Crippen LogP contribution is -2.49. The van der Waals surface area contributed by atoms with Gasteiger partial charge in [0.05, 0.1) is 6.10 Å². The van der Waals surface area contributed by atoms with E-state index in [0.717, 1.165) is 0 Å². The Morgan fingerprint density at radius 2 is 2.31 bits per heavy atom. The van der Waals surface area contributed by atoms with E-state index < -0.39 is 29.9 Å². The molecule has 0 radical (unpaired) electrons. The lowest BCUT2D eigenvalue weighted by Gasteiger charge is -2.32. The molecule has 5 heteroatoms. The molecule has 1 heterocycles. The topological polar surface area (TPSA) is 76.0 Å². The van der Waals surface area contributed by atoms with E-state index in [1.54, 1.807) is 0 Å². The molecule has 2 N–H and O–H groups in total. The number of carbonyl (C=O) groups is 1. The molecule has 4 atom stereocenters. The minimum Gasteiger partial charge on any atom is -0.457 e. The van der Waals surface area contributed by atoms with Crippen LogP contribution in [-0.4, -0.2) is 47.2 Å². The third kappa shape index (κ3) is 1.15. The number of aliphatic hydroxyl groups is 2. The van der Waals surface area contributed by atoms with E-state index in [-0.39, 0.29) is 12.8 Å².